The van der Waals surface area contributed by atoms with Crippen LogP contribution in [-0.4, -0.2) is 10.8 Å². The summed E-state index contributed by atoms with van der Waals surface area (Å²) in [7, 11) is -0.842. The molecular formula is C28H29NiP2. The summed E-state index contributed by atoms with van der Waals surface area (Å²) in [4.78, 5) is 0. The second-order valence-electron chi connectivity index (χ2n) is 7.40. The molecule has 0 aliphatic heterocycles. The molecule has 31 heavy (non-hydrogen) atoms. The second-order valence-corrected chi connectivity index (χ2v) is 15.2. The SMILES string of the molecule is [CH3][Ni]([CH3])[CH](CP(c1ccccc1)c1ccccc1)P(c1ccccc1)c1ccccc1. The third kappa shape index (κ3) is 5.73. The van der Waals surface area contributed by atoms with Gasteiger partial charge in [-0.1, -0.05) is 0 Å². The molecule has 0 nitrogen and oxygen atoms in total. The molecule has 0 heterocycles. The molecule has 0 saturated carbocycles. The van der Waals surface area contributed by atoms with Gasteiger partial charge in [-0.2, -0.15) is 0 Å². The van der Waals surface area contributed by atoms with Crippen molar-refractivity contribution in [3.05, 3.63) is 121 Å². The summed E-state index contributed by atoms with van der Waals surface area (Å²) in [6.07, 6.45) is 1.22. The first-order valence-corrected chi connectivity index (χ1v) is 15.8. The first kappa shape index (κ1) is 22.4. The van der Waals surface area contributed by atoms with Gasteiger partial charge in [0.15, 0.2) is 0 Å². The van der Waals surface area contributed by atoms with Crippen molar-refractivity contribution in [1.29, 1.82) is 0 Å². The van der Waals surface area contributed by atoms with Gasteiger partial charge in [-0.3, -0.25) is 0 Å². The van der Waals surface area contributed by atoms with Crippen molar-refractivity contribution in [1.82, 2.24) is 0 Å². The van der Waals surface area contributed by atoms with E-state index in [9.17, 15) is 0 Å². The van der Waals surface area contributed by atoms with Crippen molar-refractivity contribution in [3.8, 4) is 0 Å². The number of hydrogen-bond donors (Lipinski definition) is 0. The van der Waals surface area contributed by atoms with Gasteiger partial charge < -0.3 is 0 Å². The Morgan fingerprint density at radius 2 is 0.839 bits per heavy atom. The first-order valence-electron chi connectivity index (χ1n) is 10.3. The zero-order chi connectivity index (χ0) is 21.5. The predicted octanol–water partition coefficient (Wildman–Crippen LogP) is 6.29. The summed E-state index contributed by atoms with van der Waals surface area (Å²) in [6, 6.07) is 44.8. The molecule has 0 saturated heterocycles. The van der Waals surface area contributed by atoms with Crippen LogP contribution in [0, 0.1) is 0 Å². The van der Waals surface area contributed by atoms with Crippen LogP contribution in [0.1, 0.15) is 0 Å². The Labute approximate surface area is 193 Å². The van der Waals surface area contributed by atoms with E-state index in [0.29, 0.717) is 4.63 Å². The molecule has 1 unspecified atom stereocenters. The van der Waals surface area contributed by atoms with Gasteiger partial charge in [0.2, 0.25) is 0 Å². The molecule has 0 spiro atoms. The Balaban J connectivity index is 1.78. The monoisotopic (exact) mass is 485 g/mol. The molecule has 0 bridgehead atoms. The van der Waals surface area contributed by atoms with E-state index >= 15 is 0 Å². The molecule has 0 aromatic heterocycles. The Hall–Kier alpha value is -1.77. The molecule has 0 radical (unpaired) electrons. The third-order valence-electron chi connectivity index (χ3n) is 5.21. The van der Waals surface area contributed by atoms with Crippen molar-refractivity contribution < 1.29 is 13.4 Å². The minimum atomic E-state index is -0.432. The maximum absolute atomic E-state index is 2.45. The summed E-state index contributed by atoms with van der Waals surface area (Å²) in [6.45, 7) is 0. The fraction of sp³-hybridized carbons (Fsp3) is 0.143. The molecule has 0 aliphatic carbocycles. The molecule has 0 fully saturated rings. The summed E-state index contributed by atoms with van der Waals surface area (Å²) >= 11 is 0.138. The van der Waals surface area contributed by atoms with Gasteiger partial charge in [-0.25, -0.2) is 0 Å². The van der Waals surface area contributed by atoms with E-state index in [1.807, 2.05) is 0 Å². The normalized spacial score (nSPS) is 12.7. The van der Waals surface area contributed by atoms with Crippen LogP contribution in [0.15, 0.2) is 121 Å². The molecule has 0 aliphatic rings. The van der Waals surface area contributed by atoms with Crippen LogP contribution >= 0.6 is 15.8 Å². The van der Waals surface area contributed by atoms with E-state index in [0.717, 1.165) is 0 Å². The Morgan fingerprint density at radius 3 is 1.16 bits per heavy atom. The van der Waals surface area contributed by atoms with Gasteiger partial charge in [-0.05, 0) is 0 Å². The summed E-state index contributed by atoms with van der Waals surface area (Å²) in [5.74, 6) is 4.91. The van der Waals surface area contributed by atoms with E-state index in [1.165, 1.54) is 27.4 Å². The second kappa shape index (κ2) is 11.2. The molecule has 1 atom stereocenters. The van der Waals surface area contributed by atoms with Crippen LogP contribution in [0.5, 0.6) is 0 Å². The van der Waals surface area contributed by atoms with Crippen LogP contribution in [0.3, 0.4) is 0 Å². The first-order chi connectivity index (χ1) is 15.2. The van der Waals surface area contributed by atoms with Gasteiger partial charge in [-0.15, -0.1) is 0 Å². The van der Waals surface area contributed by atoms with Crippen LogP contribution in [0.25, 0.3) is 0 Å². The summed E-state index contributed by atoms with van der Waals surface area (Å²) < 4.78 is 0.645. The van der Waals surface area contributed by atoms with Crippen LogP contribution in [0.4, 0.5) is 0 Å². The van der Waals surface area contributed by atoms with Gasteiger partial charge in [0.25, 0.3) is 0 Å². The fourth-order valence-corrected chi connectivity index (χ4v) is 13.4. The molecule has 4 aromatic carbocycles. The maximum atomic E-state index is 2.45. The molecule has 161 valence electrons. The van der Waals surface area contributed by atoms with E-state index < -0.39 is 15.8 Å². The topological polar surface area (TPSA) is 0 Å². The van der Waals surface area contributed by atoms with Gasteiger partial charge in [0.1, 0.15) is 0 Å². The van der Waals surface area contributed by atoms with Gasteiger partial charge in [0, 0.05) is 0 Å². The minimum absolute atomic E-state index is 0.138. The average molecular weight is 486 g/mol. The Morgan fingerprint density at radius 1 is 0.516 bits per heavy atom. The van der Waals surface area contributed by atoms with Crippen LogP contribution in [0.2, 0.25) is 11.8 Å². The van der Waals surface area contributed by atoms with Crippen molar-refractivity contribution in [2.75, 3.05) is 6.16 Å². The summed E-state index contributed by atoms with van der Waals surface area (Å²) in [5.41, 5.74) is 0. The van der Waals surface area contributed by atoms with Crippen molar-refractivity contribution in [3.63, 3.8) is 0 Å². The number of benzene rings is 4. The third-order valence-corrected chi connectivity index (χ3v) is 14.4. The molecule has 0 amide bonds. The predicted molar refractivity (Wildman–Crippen MR) is 139 cm³/mol. The van der Waals surface area contributed by atoms with Crippen molar-refractivity contribution in [2.24, 2.45) is 0 Å². The van der Waals surface area contributed by atoms with Crippen molar-refractivity contribution >= 4 is 37.1 Å². The van der Waals surface area contributed by atoms with E-state index in [-0.39, 0.29) is 13.4 Å². The Kier molecular flexibility index (Phi) is 8.11. The van der Waals surface area contributed by atoms with Crippen LogP contribution < -0.4 is 21.2 Å². The molecule has 3 heteroatoms. The average Bonchev–Trinajstić information content (AvgIpc) is 2.84. The molecular weight excluding hydrogens is 457 g/mol. The number of rotatable bonds is 8. The fourth-order valence-electron chi connectivity index (χ4n) is 3.71. The zero-order valence-electron chi connectivity index (χ0n) is 18.0. The van der Waals surface area contributed by atoms with Crippen LogP contribution in [-0.2, 0) is 13.4 Å². The quantitative estimate of drug-likeness (QED) is 0.203. The zero-order valence-corrected chi connectivity index (χ0v) is 20.8. The summed E-state index contributed by atoms with van der Waals surface area (Å²) in [5, 5.41) is 5.96. The van der Waals surface area contributed by atoms with E-state index in [1.54, 1.807) is 0 Å². The van der Waals surface area contributed by atoms with Gasteiger partial charge >= 0.3 is 194 Å². The van der Waals surface area contributed by atoms with E-state index in [2.05, 4.69) is 133 Å². The number of hydrogen-bond acceptors (Lipinski definition) is 0. The van der Waals surface area contributed by atoms with Crippen molar-refractivity contribution in [2.45, 2.75) is 16.4 Å². The molecule has 0 N–H and O–H groups in total. The molecule has 4 rings (SSSR count). The van der Waals surface area contributed by atoms with Gasteiger partial charge in [0.05, 0.1) is 0 Å². The standard InChI is InChI=1S/C26H23P2.2CH3.Ni/c1-5-13-23(14-6-1)27(24-15-7-2-8-16-24)21-22-28(25-17-9-3-10-18-25)26-19-11-4-12-20-26;;;/h1-21H,22H2;2*1H3;. The Bertz CT molecular complexity index is 958. The molecule has 4 aromatic rings. The van der Waals surface area contributed by atoms with E-state index in [4.69, 9.17) is 0 Å².